The van der Waals surface area contributed by atoms with Gasteiger partial charge in [-0.15, -0.1) is 0 Å². The van der Waals surface area contributed by atoms with Gasteiger partial charge in [0.1, 0.15) is 11.6 Å². The molecule has 0 aliphatic heterocycles. The Morgan fingerprint density at radius 3 is 2.36 bits per heavy atom. The average molecular weight is 349 g/mol. The van der Waals surface area contributed by atoms with Crippen LogP contribution in [0.25, 0.3) is 0 Å². The van der Waals surface area contributed by atoms with Crippen LogP contribution >= 0.6 is 0 Å². The van der Waals surface area contributed by atoms with E-state index in [2.05, 4.69) is 26.1 Å². The van der Waals surface area contributed by atoms with Crippen LogP contribution < -0.4 is 14.8 Å². The van der Waals surface area contributed by atoms with E-state index in [4.69, 9.17) is 9.47 Å². The molecule has 0 bridgehead atoms. The third-order valence-corrected chi connectivity index (χ3v) is 3.59. The van der Waals surface area contributed by atoms with Crippen LogP contribution in [0.4, 0.5) is 14.5 Å². The summed E-state index contributed by atoms with van der Waals surface area (Å²) in [5.41, 5.74) is 1.43. The van der Waals surface area contributed by atoms with Crippen LogP contribution in [0.1, 0.15) is 26.3 Å². The lowest BCUT2D eigenvalue weighted by Crippen LogP contribution is -2.21. The summed E-state index contributed by atoms with van der Waals surface area (Å²) in [6.45, 7) is 5.76. The van der Waals surface area contributed by atoms with Gasteiger partial charge in [0.05, 0.1) is 12.8 Å². The van der Waals surface area contributed by atoms with Crippen LogP contribution in [0.15, 0.2) is 36.4 Å². The summed E-state index contributed by atoms with van der Waals surface area (Å²) in [6.07, 6.45) is 0. The van der Waals surface area contributed by atoms with E-state index in [9.17, 15) is 13.6 Å². The van der Waals surface area contributed by atoms with Crippen LogP contribution in [0, 0.1) is 11.6 Å². The van der Waals surface area contributed by atoms with E-state index in [0.29, 0.717) is 17.5 Å². The van der Waals surface area contributed by atoms with E-state index in [0.717, 1.165) is 17.7 Å². The van der Waals surface area contributed by atoms with Gasteiger partial charge in [-0.25, -0.2) is 8.78 Å². The zero-order chi connectivity index (χ0) is 18.6. The fourth-order valence-electron chi connectivity index (χ4n) is 2.19. The second kappa shape index (κ2) is 7.51. The van der Waals surface area contributed by atoms with Gasteiger partial charge in [-0.3, -0.25) is 4.79 Å². The van der Waals surface area contributed by atoms with E-state index in [1.165, 1.54) is 7.11 Å². The first-order valence-electron chi connectivity index (χ1n) is 7.77. The van der Waals surface area contributed by atoms with Crippen molar-refractivity contribution >= 4 is 11.6 Å². The van der Waals surface area contributed by atoms with Gasteiger partial charge in [0.25, 0.3) is 5.91 Å². The Hall–Kier alpha value is -2.63. The zero-order valence-corrected chi connectivity index (χ0v) is 14.7. The van der Waals surface area contributed by atoms with Crippen LogP contribution in [-0.2, 0) is 10.2 Å². The highest BCUT2D eigenvalue weighted by molar-refractivity contribution is 5.93. The van der Waals surface area contributed by atoms with Gasteiger partial charge in [-0.05, 0) is 35.2 Å². The van der Waals surface area contributed by atoms with Gasteiger partial charge in [-0.2, -0.15) is 0 Å². The molecule has 25 heavy (non-hydrogen) atoms. The van der Waals surface area contributed by atoms with Crippen molar-refractivity contribution in [1.82, 2.24) is 0 Å². The lowest BCUT2D eigenvalue weighted by Gasteiger charge is -2.21. The van der Waals surface area contributed by atoms with Crippen LogP contribution in [-0.4, -0.2) is 19.6 Å². The summed E-state index contributed by atoms with van der Waals surface area (Å²) in [7, 11) is 1.51. The molecule has 0 saturated carbocycles. The van der Waals surface area contributed by atoms with E-state index >= 15 is 0 Å². The first-order chi connectivity index (χ1) is 11.7. The molecule has 134 valence electrons. The van der Waals surface area contributed by atoms with Crippen molar-refractivity contribution in [2.45, 2.75) is 26.2 Å². The normalized spacial score (nSPS) is 11.1. The maximum absolute atomic E-state index is 13.5. The fourth-order valence-corrected chi connectivity index (χ4v) is 2.19. The summed E-state index contributed by atoms with van der Waals surface area (Å²) in [6, 6.07) is 8.43. The molecule has 1 N–H and O–H groups in total. The Balaban J connectivity index is 2.09. The Kier molecular flexibility index (Phi) is 5.62. The smallest absolute Gasteiger partial charge is 0.262 e. The van der Waals surface area contributed by atoms with Gasteiger partial charge in [0.15, 0.2) is 18.2 Å². The topological polar surface area (TPSA) is 47.6 Å². The van der Waals surface area contributed by atoms with Crippen molar-refractivity contribution in [3.8, 4) is 11.5 Å². The number of benzene rings is 2. The summed E-state index contributed by atoms with van der Waals surface area (Å²) >= 11 is 0. The molecule has 2 rings (SSSR count). The van der Waals surface area contributed by atoms with Gasteiger partial charge >= 0.3 is 0 Å². The third kappa shape index (κ3) is 4.92. The minimum absolute atomic E-state index is 0.0977. The molecule has 6 heteroatoms. The second-order valence-electron chi connectivity index (χ2n) is 6.58. The monoisotopic (exact) mass is 349 g/mol. The van der Waals surface area contributed by atoms with E-state index in [1.807, 2.05) is 12.1 Å². The minimum Gasteiger partial charge on any atom is -0.495 e. The Labute approximate surface area is 145 Å². The number of methoxy groups -OCH3 is 1. The highest BCUT2D eigenvalue weighted by Crippen LogP contribution is 2.31. The standard InChI is InChI=1S/C19H21F2NO3/c1-19(2,3)12-5-7-17(24-4)15(9-12)22-18(23)11-25-16-8-6-13(20)10-14(16)21/h5-10H,11H2,1-4H3,(H,22,23). The van der Waals surface area contributed by atoms with E-state index < -0.39 is 24.1 Å². The third-order valence-electron chi connectivity index (χ3n) is 3.59. The first kappa shape index (κ1) is 18.7. The van der Waals surface area contributed by atoms with Gasteiger partial charge in [0, 0.05) is 6.07 Å². The molecular formula is C19H21F2NO3. The molecule has 0 aliphatic carbocycles. The lowest BCUT2D eigenvalue weighted by atomic mass is 9.87. The molecule has 0 aromatic heterocycles. The highest BCUT2D eigenvalue weighted by atomic mass is 19.1. The van der Waals surface area contributed by atoms with Crippen molar-refractivity contribution in [2.24, 2.45) is 0 Å². The molecule has 0 aliphatic rings. The molecule has 2 aromatic rings. The van der Waals surface area contributed by atoms with Gasteiger partial charge in [0.2, 0.25) is 0 Å². The Morgan fingerprint density at radius 2 is 1.76 bits per heavy atom. The molecule has 1 amide bonds. The van der Waals surface area contributed by atoms with Gasteiger partial charge < -0.3 is 14.8 Å². The molecule has 4 nitrogen and oxygen atoms in total. The Morgan fingerprint density at radius 1 is 1.08 bits per heavy atom. The molecular weight excluding hydrogens is 328 g/mol. The van der Waals surface area contributed by atoms with E-state index in [1.54, 1.807) is 6.07 Å². The van der Waals surface area contributed by atoms with Crippen LogP contribution in [0.2, 0.25) is 0 Å². The number of hydrogen-bond donors (Lipinski definition) is 1. The molecule has 0 unspecified atom stereocenters. The van der Waals surface area contributed by atoms with Crippen molar-refractivity contribution < 1.29 is 23.0 Å². The predicted molar refractivity (Wildman–Crippen MR) is 92.2 cm³/mol. The minimum atomic E-state index is -0.861. The summed E-state index contributed by atoms with van der Waals surface area (Å²) in [5, 5.41) is 2.69. The fraction of sp³-hybridized carbons (Fsp3) is 0.316. The number of carbonyl (C=O) groups excluding carboxylic acids is 1. The van der Waals surface area contributed by atoms with E-state index in [-0.39, 0.29) is 11.2 Å². The molecule has 0 radical (unpaired) electrons. The van der Waals surface area contributed by atoms with Crippen molar-refractivity contribution in [2.75, 3.05) is 19.0 Å². The maximum Gasteiger partial charge on any atom is 0.262 e. The molecule has 0 heterocycles. The average Bonchev–Trinajstić information content (AvgIpc) is 2.53. The maximum atomic E-state index is 13.5. The Bertz CT molecular complexity index is 770. The number of carbonyl (C=O) groups is 1. The van der Waals surface area contributed by atoms with Crippen molar-refractivity contribution in [1.29, 1.82) is 0 Å². The molecule has 0 saturated heterocycles. The van der Waals surface area contributed by atoms with Crippen molar-refractivity contribution in [3.63, 3.8) is 0 Å². The summed E-state index contributed by atoms with van der Waals surface area (Å²) < 4.78 is 36.7. The lowest BCUT2D eigenvalue weighted by molar-refractivity contribution is -0.118. The molecule has 0 atom stereocenters. The van der Waals surface area contributed by atoms with Gasteiger partial charge in [-0.1, -0.05) is 26.8 Å². The zero-order valence-electron chi connectivity index (χ0n) is 14.7. The number of anilines is 1. The first-order valence-corrected chi connectivity index (χ1v) is 7.77. The molecule has 0 fully saturated rings. The number of halogens is 2. The predicted octanol–water partition coefficient (Wildman–Crippen LogP) is 4.29. The number of rotatable bonds is 5. The largest absolute Gasteiger partial charge is 0.495 e. The number of ether oxygens (including phenoxy) is 2. The SMILES string of the molecule is COc1ccc(C(C)(C)C)cc1NC(=O)COc1ccc(F)cc1F. The van der Waals surface area contributed by atoms with Crippen LogP contribution in [0.3, 0.4) is 0 Å². The number of nitrogens with one attached hydrogen (secondary N) is 1. The van der Waals surface area contributed by atoms with Crippen LogP contribution in [0.5, 0.6) is 11.5 Å². The number of hydrogen-bond acceptors (Lipinski definition) is 3. The van der Waals surface area contributed by atoms with Crippen molar-refractivity contribution in [3.05, 3.63) is 53.6 Å². The summed E-state index contributed by atoms with van der Waals surface area (Å²) in [5.74, 6) is -1.73. The molecule has 2 aromatic carbocycles. The molecule has 0 spiro atoms. The second-order valence-corrected chi connectivity index (χ2v) is 6.58. The highest BCUT2D eigenvalue weighted by Gasteiger charge is 2.17. The number of amides is 1. The summed E-state index contributed by atoms with van der Waals surface area (Å²) in [4.78, 5) is 12.1. The quantitative estimate of drug-likeness (QED) is 0.876.